The van der Waals surface area contributed by atoms with Crippen LogP contribution < -0.4 is 10.5 Å². The number of rotatable bonds is 4. The zero-order valence-corrected chi connectivity index (χ0v) is 9.46. The summed E-state index contributed by atoms with van der Waals surface area (Å²) in [4.78, 5) is 0. The van der Waals surface area contributed by atoms with Crippen LogP contribution in [-0.4, -0.2) is 13.7 Å². The van der Waals surface area contributed by atoms with Crippen LogP contribution in [-0.2, 0) is 0 Å². The van der Waals surface area contributed by atoms with Crippen LogP contribution in [0.25, 0.3) is 0 Å². The van der Waals surface area contributed by atoms with Crippen LogP contribution in [0.15, 0.2) is 18.2 Å². The minimum absolute atomic E-state index is 0.126. The van der Waals surface area contributed by atoms with E-state index < -0.39 is 0 Å². The predicted molar refractivity (Wildman–Crippen MR) is 59.6 cm³/mol. The molecule has 84 valence electrons. The summed E-state index contributed by atoms with van der Waals surface area (Å²) in [5.41, 5.74) is 6.27. The third-order valence-electron chi connectivity index (χ3n) is 2.92. The van der Waals surface area contributed by atoms with Gasteiger partial charge in [-0.05, 0) is 30.0 Å². The molecule has 0 aliphatic rings. The lowest BCUT2D eigenvalue weighted by atomic mass is 9.88. The maximum atomic E-state index is 13.7. The van der Waals surface area contributed by atoms with E-state index >= 15 is 0 Å². The fourth-order valence-electron chi connectivity index (χ4n) is 1.51. The van der Waals surface area contributed by atoms with Crippen molar-refractivity contribution >= 4 is 0 Å². The number of hydrogen-bond donors (Lipinski definition) is 1. The molecule has 2 unspecified atom stereocenters. The van der Waals surface area contributed by atoms with Gasteiger partial charge >= 0.3 is 0 Å². The molecule has 1 aromatic carbocycles. The summed E-state index contributed by atoms with van der Waals surface area (Å²) in [7, 11) is 1.53. The first-order valence-corrected chi connectivity index (χ1v) is 5.13. The van der Waals surface area contributed by atoms with Crippen LogP contribution in [0.2, 0.25) is 0 Å². The number of hydrogen-bond acceptors (Lipinski definition) is 2. The van der Waals surface area contributed by atoms with E-state index in [4.69, 9.17) is 10.5 Å². The predicted octanol–water partition coefficient (Wildman–Crippen LogP) is 2.53. The van der Waals surface area contributed by atoms with Gasteiger partial charge in [-0.3, -0.25) is 0 Å². The van der Waals surface area contributed by atoms with Gasteiger partial charge in [0.15, 0.2) is 0 Å². The van der Waals surface area contributed by atoms with Crippen molar-refractivity contribution in [1.29, 1.82) is 0 Å². The first kappa shape index (κ1) is 12.0. The molecule has 3 heteroatoms. The van der Waals surface area contributed by atoms with Gasteiger partial charge in [-0.15, -0.1) is 0 Å². The molecule has 0 amide bonds. The average Bonchev–Trinajstić information content (AvgIpc) is 2.26. The minimum Gasteiger partial charge on any atom is -0.497 e. The van der Waals surface area contributed by atoms with Crippen molar-refractivity contribution in [2.75, 3.05) is 13.7 Å². The van der Waals surface area contributed by atoms with Gasteiger partial charge in [-0.25, -0.2) is 4.39 Å². The normalized spacial score (nSPS) is 14.7. The van der Waals surface area contributed by atoms with Crippen LogP contribution in [0.3, 0.4) is 0 Å². The summed E-state index contributed by atoms with van der Waals surface area (Å²) >= 11 is 0. The van der Waals surface area contributed by atoms with Crippen LogP contribution in [0.4, 0.5) is 4.39 Å². The van der Waals surface area contributed by atoms with Crippen molar-refractivity contribution in [1.82, 2.24) is 0 Å². The second-order valence-electron chi connectivity index (χ2n) is 3.89. The van der Waals surface area contributed by atoms with Crippen LogP contribution in [0.1, 0.15) is 25.3 Å². The quantitative estimate of drug-likeness (QED) is 0.830. The molecule has 0 heterocycles. The molecule has 0 aliphatic carbocycles. The van der Waals surface area contributed by atoms with E-state index in [0.29, 0.717) is 17.9 Å². The molecule has 0 bridgehead atoms. The third kappa shape index (κ3) is 2.69. The Hall–Kier alpha value is -1.09. The Kier molecular flexibility index (Phi) is 4.09. The smallest absolute Gasteiger partial charge is 0.130 e. The van der Waals surface area contributed by atoms with Crippen molar-refractivity contribution in [2.45, 2.75) is 19.8 Å². The molecule has 0 saturated carbocycles. The fourth-order valence-corrected chi connectivity index (χ4v) is 1.51. The molecule has 2 atom stereocenters. The van der Waals surface area contributed by atoms with E-state index in [-0.39, 0.29) is 17.7 Å². The largest absolute Gasteiger partial charge is 0.497 e. The maximum Gasteiger partial charge on any atom is 0.130 e. The molecule has 0 saturated heterocycles. The van der Waals surface area contributed by atoms with Crippen molar-refractivity contribution in [2.24, 2.45) is 11.7 Å². The van der Waals surface area contributed by atoms with Gasteiger partial charge in [0.2, 0.25) is 0 Å². The topological polar surface area (TPSA) is 35.2 Å². The maximum absolute atomic E-state index is 13.7. The molecular weight excluding hydrogens is 193 g/mol. The van der Waals surface area contributed by atoms with E-state index in [0.717, 1.165) is 0 Å². The van der Waals surface area contributed by atoms with Crippen LogP contribution in [0.5, 0.6) is 5.75 Å². The number of halogens is 1. The van der Waals surface area contributed by atoms with Gasteiger partial charge in [0.05, 0.1) is 7.11 Å². The first-order chi connectivity index (χ1) is 7.10. The Morgan fingerprint density at radius 3 is 2.53 bits per heavy atom. The van der Waals surface area contributed by atoms with Gasteiger partial charge in [-0.2, -0.15) is 0 Å². The molecule has 2 nitrogen and oxygen atoms in total. The summed E-state index contributed by atoms with van der Waals surface area (Å²) < 4.78 is 18.6. The van der Waals surface area contributed by atoms with Crippen molar-refractivity contribution in [3.05, 3.63) is 29.6 Å². The Balaban J connectivity index is 2.95. The molecule has 0 aromatic heterocycles. The monoisotopic (exact) mass is 211 g/mol. The summed E-state index contributed by atoms with van der Waals surface area (Å²) in [6.45, 7) is 4.57. The van der Waals surface area contributed by atoms with Gasteiger partial charge in [0.1, 0.15) is 11.6 Å². The SMILES string of the molecule is COc1ccc(C(C)C(C)CN)c(F)c1. The molecule has 15 heavy (non-hydrogen) atoms. The Morgan fingerprint density at radius 2 is 2.07 bits per heavy atom. The minimum atomic E-state index is -0.220. The van der Waals surface area contributed by atoms with Gasteiger partial charge < -0.3 is 10.5 Å². The number of ether oxygens (including phenoxy) is 1. The van der Waals surface area contributed by atoms with Gasteiger partial charge in [0.25, 0.3) is 0 Å². The zero-order chi connectivity index (χ0) is 11.4. The highest BCUT2D eigenvalue weighted by molar-refractivity contribution is 5.31. The molecular formula is C12H18FNO. The highest BCUT2D eigenvalue weighted by Crippen LogP contribution is 2.27. The molecule has 0 spiro atoms. The summed E-state index contributed by atoms with van der Waals surface area (Å²) in [6.07, 6.45) is 0. The first-order valence-electron chi connectivity index (χ1n) is 5.13. The van der Waals surface area contributed by atoms with Crippen LogP contribution in [0, 0.1) is 11.7 Å². The molecule has 0 fully saturated rings. The Labute approximate surface area is 90.2 Å². The third-order valence-corrected chi connectivity index (χ3v) is 2.92. The van der Waals surface area contributed by atoms with E-state index in [2.05, 4.69) is 0 Å². The van der Waals surface area contributed by atoms with E-state index in [1.165, 1.54) is 13.2 Å². The van der Waals surface area contributed by atoms with E-state index in [9.17, 15) is 4.39 Å². The zero-order valence-electron chi connectivity index (χ0n) is 9.46. The number of nitrogens with two attached hydrogens (primary N) is 1. The van der Waals surface area contributed by atoms with E-state index in [1.807, 2.05) is 13.8 Å². The summed E-state index contributed by atoms with van der Waals surface area (Å²) in [6, 6.07) is 4.96. The van der Waals surface area contributed by atoms with E-state index in [1.54, 1.807) is 12.1 Å². The second-order valence-corrected chi connectivity index (χ2v) is 3.89. The molecule has 0 aliphatic heterocycles. The van der Waals surface area contributed by atoms with Crippen LogP contribution >= 0.6 is 0 Å². The molecule has 1 rings (SSSR count). The van der Waals surface area contributed by atoms with Gasteiger partial charge in [-0.1, -0.05) is 19.9 Å². The van der Waals surface area contributed by atoms with Gasteiger partial charge in [0, 0.05) is 6.07 Å². The number of benzene rings is 1. The second kappa shape index (κ2) is 5.12. The highest BCUT2D eigenvalue weighted by Gasteiger charge is 2.16. The lowest BCUT2D eigenvalue weighted by molar-refractivity contribution is 0.408. The van der Waals surface area contributed by atoms with Crippen molar-refractivity contribution in [3.8, 4) is 5.75 Å². The van der Waals surface area contributed by atoms with Crippen molar-refractivity contribution < 1.29 is 9.13 Å². The lowest BCUT2D eigenvalue weighted by Crippen LogP contribution is -2.17. The molecule has 1 aromatic rings. The Bertz CT molecular complexity index is 327. The highest BCUT2D eigenvalue weighted by atomic mass is 19.1. The summed E-state index contributed by atoms with van der Waals surface area (Å²) in [5.74, 6) is 0.722. The lowest BCUT2D eigenvalue weighted by Gasteiger charge is -2.19. The Morgan fingerprint density at radius 1 is 1.40 bits per heavy atom. The van der Waals surface area contributed by atoms with Crippen molar-refractivity contribution in [3.63, 3.8) is 0 Å². The fraction of sp³-hybridized carbons (Fsp3) is 0.500. The average molecular weight is 211 g/mol. The molecule has 0 radical (unpaired) electrons. The standard InChI is InChI=1S/C12H18FNO/c1-8(7-14)9(2)11-5-4-10(15-3)6-12(11)13/h4-6,8-9H,7,14H2,1-3H3. The number of methoxy groups -OCH3 is 1. The summed E-state index contributed by atoms with van der Waals surface area (Å²) in [5, 5.41) is 0. The molecule has 2 N–H and O–H groups in total.